The molecule has 0 aliphatic carbocycles. The monoisotopic (exact) mass is 454 g/mol. The third-order valence-electron chi connectivity index (χ3n) is 5.93. The number of nitrogens with zero attached hydrogens (tertiary/aromatic N) is 2. The number of sulfone groups is 1. The lowest BCUT2D eigenvalue weighted by molar-refractivity contribution is -0.122. The minimum Gasteiger partial charge on any atom is -0.471 e. The Morgan fingerprint density at radius 2 is 2.00 bits per heavy atom. The van der Waals surface area contributed by atoms with Gasteiger partial charge in [0.1, 0.15) is 11.8 Å². The fourth-order valence-electron chi connectivity index (χ4n) is 4.20. The first kappa shape index (κ1) is 22.1. The lowest BCUT2D eigenvalue weighted by Crippen LogP contribution is -2.47. The topological polar surface area (TPSA) is 126 Å². The fraction of sp³-hybridized carbons (Fsp3) is 0.391. The van der Waals surface area contributed by atoms with Crippen LogP contribution in [0.4, 0.5) is 5.69 Å². The number of hydrogen-bond acceptors (Lipinski definition) is 7. The predicted molar refractivity (Wildman–Crippen MR) is 122 cm³/mol. The van der Waals surface area contributed by atoms with Crippen molar-refractivity contribution in [3.8, 4) is 22.9 Å². The van der Waals surface area contributed by atoms with Crippen molar-refractivity contribution in [3.05, 3.63) is 48.0 Å². The zero-order chi connectivity index (χ0) is 22.9. The first-order valence-corrected chi connectivity index (χ1v) is 12.2. The summed E-state index contributed by atoms with van der Waals surface area (Å²) in [4.78, 5) is 14.4. The van der Waals surface area contributed by atoms with Crippen LogP contribution < -0.4 is 20.7 Å². The number of hydrogen-bond donors (Lipinski definition) is 2. The van der Waals surface area contributed by atoms with Gasteiger partial charge in [-0.1, -0.05) is 30.3 Å². The molecule has 0 saturated carbocycles. The van der Waals surface area contributed by atoms with Crippen LogP contribution in [0.2, 0.25) is 0 Å². The van der Waals surface area contributed by atoms with Gasteiger partial charge in [0.15, 0.2) is 16.6 Å². The summed E-state index contributed by atoms with van der Waals surface area (Å²) in [6.45, 7) is 0.542. The predicted octanol–water partition coefficient (Wildman–Crippen LogP) is 1.60. The SMILES string of the molecule is CN1COc2ccc(-c3ccc(C[C@@H](C#N)NC(=O)CC4(N)CCS(=O)(=O)C4)cc3)cc21. The van der Waals surface area contributed by atoms with E-state index in [-0.39, 0.29) is 24.3 Å². The van der Waals surface area contributed by atoms with Crippen molar-refractivity contribution < 1.29 is 17.9 Å². The summed E-state index contributed by atoms with van der Waals surface area (Å²) < 4.78 is 28.9. The van der Waals surface area contributed by atoms with Crippen LogP contribution >= 0.6 is 0 Å². The van der Waals surface area contributed by atoms with E-state index in [1.54, 1.807) is 0 Å². The number of benzene rings is 2. The molecule has 32 heavy (non-hydrogen) atoms. The van der Waals surface area contributed by atoms with Crippen molar-refractivity contribution in [2.75, 3.05) is 30.2 Å². The number of rotatable bonds is 6. The van der Waals surface area contributed by atoms with Gasteiger partial charge in [0.25, 0.3) is 0 Å². The molecule has 1 amide bonds. The minimum atomic E-state index is -3.20. The van der Waals surface area contributed by atoms with Gasteiger partial charge in [0.2, 0.25) is 5.91 Å². The number of nitrogens with two attached hydrogens (primary N) is 1. The van der Waals surface area contributed by atoms with E-state index >= 15 is 0 Å². The van der Waals surface area contributed by atoms with E-state index in [2.05, 4.69) is 17.5 Å². The lowest BCUT2D eigenvalue weighted by atomic mass is 9.95. The maximum atomic E-state index is 12.4. The number of carbonyl (C=O) groups is 1. The highest BCUT2D eigenvalue weighted by Crippen LogP contribution is 2.36. The summed E-state index contributed by atoms with van der Waals surface area (Å²) >= 11 is 0. The summed E-state index contributed by atoms with van der Waals surface area (Å²) in [7, 11) is -1.22. The van der Waals surface area contributed by atoms with E-state index in [0.29, 0.717) is 13.2 Å². The minimum absolute atomic E-state index is 0.00165. The van der Waals surface area contributed by atoms with Gasteiger partial charge in [-0.25, -0.2) is 8.42 Å². The Morgan fingerprint density at radius 3 is 2.66 bits per heavy atom. The van der Waals surface area contributed by atoms with Gasteiger partial charge in [-0.05, 0) is 35.2 Å². The number of nitriles is 1. The van der Waals surface area contributed by atoms with Crippen molar-refractivity contribution in [3.63, 3.8) is 0 Å². The molecular weight excluding hydrogens is 428 g/mol. The Kier molecular flexibility index (Phi) is 5.84. The maximum absolute atomic E-state index is 12.4. The van der Waals surface area contributed by atoms with Gasteiger partial charge in [-0.2, -0.15) is 5.26 Å². The highest BCUT2D eigenvalue weighted by Gasteiger charge is 2.40. The molecule has 9 heteroatoms. The van der Waals surface area contributed by atoms with Gasteiger partial charge in [-0.3, -0.25) is 4.79 Å². The van der Waals surface area contributed by atoms with Gasteiger partial charge in [0.05, 0.1) is 23.3 Å². The summed E-state index contributed by atoms with van der Waals surface area (Å²) in [5.41, 5.74) is 9.10. The quantitative estimate of drug-likeness (QED) is 0.679. The zero-order valence-electron chi connectivity index (χ0n) is 17.9. The van der Waals surface area contributed by atoms with Crippen molar-refractivity contribution in [1.29, 1.82) is 5.26 Å². The van der Waals surface area contributed by atoms with Crippen LogP contribution in [-0.4, -0.2) is 51.2 Å². The first-order valence-electron chi connectivity index (χ1n) is 10.4. The summed E-state index contributed by atoms with van der Waals surface area (Å²) in [6, 6.07) is 15.3. The molecule has 2 aromatic rings. The normalized spacial score (nSPS) is 22.0. The molecule has 2 atom stereocenters. The molecule has 168 valence electrons. The standard InChI is InChI=1S/C23H26N4O4S/c1-27-15-31-21-7-6-18(11-20(21)27)17-4-2-16(3-5-17)10-19(13-24)26-22(28)12-23(25)8-9-32(29,30)14-23/h2-7,11,19H,8-10,12,14-15,25H2,1H3,(H,26,28)/t19-,23?/m0/s1. The Labute approximate surface area is 187 Å². The van der Waals surface area contributed by atoms with Gasteiger partial charge >= 0.3 is 0 Å². The smallest absolute Gasteiger partial charge is 0.222 e. The molecule has 0 radical (unpaired) electrons. The van der Waals surface area contributed by atoms with Crippen molar-refractivity contribution >= 4 is 21.4 Å². The first-order chi connectivity index (χ1) is 15.2. The molecule has 2 aromatic carbocycles. The second-order valence-corrected chi connectivity index (χ2v) is 10.9. The molecule has 4 rings (SSSR count). The van der Waals surface area contributed by atoms with Crippen molar-refractivity contribution in [2.24, 2.45) is 5.73 Å². The van der Waals surface area contributed by atoms with Crippen LogP contribution in [0, 0.1) is 11.3 Å². The van der Waals surface area contributed by atoms with Gasteiger partial charge in [-0.15, -0.1) is 0 Å². The number of nitrogens with one attached hydrogen (secondary N) is 1. The van der Waals surface area contributed by atoms with E-state index in [1.165, 1.54) is 0 Å². The van der Waals surface area contributed by atoms with E-state index < -0.39 is 27.3 Å². The molecule has 8 nitrogen and oxygen atoms in total. The third-order valence-corrected chi connectivity index (χ3v) is 7.77. The van der Waals surface area contributed by atoms with E-state index in [9.17, 15) is 18.5 Å². The number of carbonyl (C=O) groups excluding carboxylic acids is 1. The van der Waals surface area contributed by atoms with E-state index in [0.717, 1.165) is 28.1 Å². The summed E-state index contributed by atoms with van der Waals surface area (Å²) in [5, 5.41) is 12.2. The number of amides is 1. The molecule has 2 heterocycles. The third kappa shape index (κ3) is 4.87. The molecule has 3 N–H and O–H groups in total. The molecule has 0 spiro atoms. The van der Waals surface area contributed by atoms with Crippen LogP contribution in [0.5, 0.6) is 5.75 Å². The lowest BCUT2D eigenvalue weighted by Gasteiger charge is -2.22. The fourth-order valence-corrected chi connectivity index (χ4v) is 6.18. The van der Waals surface area contributed by atoms with Crippen LogP contribution in [0.25, 0.3) is 11.1 Å². The van der Waals surface area contributed by atoms with Crippen molar-refractivity contribution in [1.82, 2.24) is 5.32 Å². The molecular formula is C23H26N4O4S. The summed E-state index contributed by atoms with van der Waals surface area (Å²) in [5.74, 6) is 0.266. The highest BCUT2D eigenvalue weighted by atomic mass is 32.2. The number of ether oxygens (including phenoxy) is 1. The second-order valence-electron chi connectivity index (χ2n) is 8.69. The molecule has 1 unspecified atom stereocenters. The Balaban J connectivity index is 1.37. The number of fused-ring (bicyclic) bond motifs is 1. The van der Waals surface area contributed by atoms with Gasteiger partial charge < -0.3 is 20.7 Å². The Hall–Kier alpha value is -3.09. The molecule has 1 fully saturated rings. The molecule has 0 aromatic heterocycles. The average molecular weight is 455 g/mol. The van der Waals surface area contributed by atoms with Gasteiger partial charge in [0, 0.05) is 25.4 Å². The molecule has 2 aliphatic rings. The Bertz CT molecular complexity index is 1170. The summed E-state index contributed by atoms with van der Waals surface area (Å²) in [6.07, 6.45) is 0.491. The highest BCUT2D eigenvalue weighted by molar-refractivity contribution is 7.91. The Morgan fingerprint density at radius 1 is 1.28 bits per heavy atom. The maximum Gasteiger partial charge on any atom is 0.222 e. The van der Waals surface area contributed by atoms with Crippen LogP contribution in [0.3, 0.4) is 0 Å². The zero-order valence-corrected chi connectivity index (χ0v) is 18.7. The van der Waals surface area contributed by atoms with Crippen LogP contribution in [0.1, 0.15) is 18.4 Å². The van der Waals surface area contributed by atoms with Crippen LogP contribution in [0.15, 0.2) is 42.5 Å². The molecule has 0 bridgehead atoms. The largest absolute Gasteiger partial charge is 0.471 e. The van der Waals surface area contributed by atoms with Crippen LogP contribution in [-0.2, 0) is 21.1 Å². The second kappa shape index (κ2) is 8.45. The van der Waals surface area contributed by atoms with E-state index in [1.807, 2.05) is 48.3 Å². The molecule has 1 saturated heterocycles. The van der Waals surface area contributed by atoms with Crippen molar-refractivity contribution in [2.45, 2.75) is 30.8 Å². The molecule has 2 aliphatic heterocycles. The average Bonchev–Trinajstić information content (AvgIpc) is 3.25. The van der Waals surface area contributed by atoms with E-state index in [4.69, 9.17) is 10.5 Å². The number of anilines is 1.